The molecule has 106 valence electrons. The molecule has 0 aromatic heterocycles. The van der Waals surface area contributed by atoms with Crippen molar-refractivity contribution in [1.82, 2.24) is 5.32 Å². The van der Waals surface area contributed by atoms with Crippen LogP contribution in [0.4, 0.5) is 0 Å². The standard InChI is InChI=1S/C15H29NOS/c1-13(18-2)7-11-16-12-14-6-10-15(17-14)8-4-3-5-9-15/h13-14,16H,3-12H2,1-2H3. The molecule has 18 heavy (non-hydrogen) atoms. The Hall–Kier alpha value is 0.270. The van der Waals surface area contributed by atoms with E-state index in [0.29, 0.717) is 6.10 Å². The second-order valence-corrected chi connectivity index (χ2v) is 7.34. The molecule has 0 aromatic carbocycles. The largest absolute Gasteiger partial charge is 0.370 e. The van der Waals surface area contributed by atoms with Crippen molar-refractivity contribution in [1.29, 1.82) is 0 Å². The van der Waals surface area contributed by atoms with E-state index in [2.05, 4.69) is 18.5 Å². The molecule has 2 unspecified atom stereocenters. The van der Waals surface area contributed by atoms with Crippen molar-refractivity contribution in [3.8, 4) is 0 Å². The van der Waals surface area contributed by atoms with Crippen molar-refractivity contribution in [3.63, 3.8) is 0 Å². The number of rotatable bonds is 6. The average Bonchev–Trinajstić information content (AvgIpc) is 2.78. The molecule has 3 heteroatoms. The van der Waals surface area contributed by atoms with Crippen molar-refractivity contribution >= 4 is 11.8 Å². The summed E-state index contributed by atoms with van der Waals surface area (Å²) in [5.41, 5.74) is 0.289. The fourth-order valence-corrected chi connectivity index (χ4v) is 3.64. The number of nitrogens with one attached hydrogen (secondary N) is 1. The van der Waals surface area contributed by atoms with Gasteiger partial charge < -0.3 is 10.1 Å². The predicted molar refractivity (Wildman–Crippen MR) is 80.4 cm³/mol. The first-order chi connectivity index (χ1) is 8.74. The third kappa shape index (κ3) is 4.14. The maximum atomic E-state index is 6.36. The topological polar surface area (TPSA) is 21.3 Å². The van der Waals surface area contributed by atoms with Gasteiger partial charge in [-0.2, -0.15) is 11.8 Å². The first-order valence-electron chi connectivity index (χ1n) is 7.65. The van der Waals surface area contributed by atoms with Crippen LogP contribution in [0.15, 0.2) is 0 Å². The smallest absolute Gasteiger partial charge is 0.0708 e. The molecule has 0 aromatic rings. The maximum absolute atomic E-state index is 6.36. The van der Waals surface area contributed by atoms with Gasteiger partial charge in [0.05, 0.1) is 11.7 Å². The van der Waals surface area contributed by atoms with Gasteiger partial charge in [0.1, 0.15) is 0 Å². The lowest BCUT2D eigenvalue weighted by atomic mass is 9.83. The van der Waals surface area contributed by atoms with Crippen LogP contribution in [0.1, 0.15) is 58.3 Å². The lowest BCUT2D eigenvalue weighted by molar-refractivity contribution is -0.0622. The van der Waals surface area contributed by atoms with Crippen molar-refractivity contribution in [2.75, 3.05) is 19.3 Å². The molecule has 2 nitrogen and oxygen atoms in total. The lowest BCUT2D eigenvalue weighted by Crippen LogP contribution is -2.35. The van der Waals surface area contributed by atoms with Crippen molar-refractivity contribution < 1.29 is 4.74 Å². The minimum Gasteiger partial charge on any atom is -0.370 e. The fraction of sp³-hybridized carbons (Fsp3) is 1.00. The molecule has 0 bridgehead atoms. The number of thioether (sulfide) groups is 1. The van der Waals surface area contributed by atoms with E-state index < -0.39 is 0 Å². The minimum absolute atomic E-state index is 0.289. The zero-order valence-corrected chi connectivity index (χ0v) is 12.9. The Morgan fingerprint density at radius 1 is 1.28 bits per heavy atom. The lowest BCUT2D eigenvalue weighted by Gasteiger charge is -2.33. The molecule has 1 saturated heterocycles. The summed E-state index contributed by atoms with van der Waals surface area (Å²) in [6.45, 7) is 4.49. The fourth-order valence-electron chi connectivity index (χ4n) is 3.29. The molecule has 1 heterocycles. The van der Waals surface area contributed by atoms with Crippen LogP contribution in [0.2, 0.25) is 0 Å². The molecule has 0 amide bonds. The number of hydrogen-bond donors (Lipinski definition) is 1. The highest BCUT2D eigenvalue weighted by Gasteiger charge is 2.40. The Balaban J connectivity index is 1.61. The summed E-state index contributed by atoms with van der Waals surface area (Å²) >= 11 is 1.95. The van der Waals surface area contributed by atoms with Crippen molar-refractivity contribution in [2.24, 2.45) is 0 Å². The quantitative estimate of drug-likeness (QED) is 0.746. The SMILES string of the molecule is CSC(C)CCNCC1CCC2(CCCCC2)O1. The molecular formula is C15H29NOS. The highest BCUT2D eigenvalue weighted by atomic mass is 32.2. The van der Waals surface area contributed by atoms with Gasteiger partial charge in [0, 0.05) is 11.8 Å². The zero-order chi connectivity index (χ0) is 12.8. The normalized spacial score (nSPS) is 28.7. The molecule has 1 N–H and O–H groups in total. The molecule has 2 rings (SSSR count). The number of ether oxygens (including phenoxy) is 1. The van der Waals surface area contributed by atoms with Crippen LogP contribution in [0.3, 0.4) is 0 Å². The Morgan fingerprint density at radius 2 is 2.06 bits per heavy atom. The summed E-state index contributed by atoms with van der Waals surface area (Å²) < 4.78 is 6.36. The Morgan fingerprint density at radius 3 is 2.78 bits per heavy atom. The van der Waals surface area contributed by atoms with E-state index >= 15 is 0 Å². The van der Waals surface area contributed by atoms with Crippen LogP contribution in [-0.2, 0) is 4.74 Å². The van der Waals surface area contributed by atoms with Crippen molar-refractivity contribution in [3.05, 3.63) is 0 Å². The van der Waals surface area contributed by atoms with Crippen LogP contribution >= 0.6 is 11.8 Å². The van der Waals surface area contributed by atoms with Gasteiger partial charge in [-0.05, 0) is 44.9 Å². The van der Waals surface area contributed by atoms with Gasteiger partial charge in [-0.25, -0.2) is 0 Å². The summed E-state index contributed by atoms with van der Waals surface area (Å²) in [6.07, 6.45) is 13.3. The summed E-state index contributed by atoms with van der Waals surface area (Å²) in [6, 6.07) is 0. The second kappa shape index (κ2) is 7.16. The van der Waals surface area contributed by atoms with Crippen LogP contribution in [0, 0.1) is 0 Å². The van der Waals surface area contributed by atoms with Crippen LogP contribution < -0.4 is 5.32 Å². The van der Waals surface area contributed by atoms with Gasteiger partial charge in [0.15, 0.2) is 0 Å². The van der Waals surface area contributed by atoms with Crippen LogP contribution in [0.5, 0.6) is 0 Å². The van der Waals surface area contributed by atoms with Gasteiger partial charge in [-0.1, -0.05) is 26.2 Å². The maximum Gasteiger partial charge on any atom is 0.0708 e. The van der Waals surface area contributed by atoms with E-state index in [0.717, 1.165) is 18.3 Å². The highest BCUT2D eigenvalue weighted by Crippen LogP contribution is 2.41. The van der Waals surface area contributed by atoms with E-state index in [-0.39, 0.29) is 5.60 Å². The Labute approximate surface area is 117 Å². The third-order valence-electron chi connectivity index (χ3n) is 4.61. The Bertz CT molecular complexity index is 241. The molecule has 1 spiro atoms. The summed E-state index contributed by atoms with van der Waals surface area (Å²) in [7, 11) is 0. The van der Waals surface area contributed by atoms with Gasteiger partial charge in [0.25, 0.3) is 0 Å². The third-order valence-corrected chi connectivity index (χ3v) is 5.65. The highest BCUT2D eigenvalue weighted by molar-refractivity contribution is 7.99. The first-order valence-corrected chi connectivity index (χ1v) is 8.94. The molecule has 2 fully saturated rings. The van der Waals surface area contributed by atoms with E-state index in [9.17, 15) is 0 Å². The molecule has 1 aliphatic carbocycles. The molecule has 0 radical (unpaired) electrons. The van der Waals surface area contributed by atoms with Gasteiger partial charge in [-0.15, -0.1) is 0 Å². The van der Waals surface area contributed by atoms with E-state index in [1.54, 1.807) is 0 Å². The van der Waals surface area contributed by atoms with E-state index in [4.69, 9.17) is 4.74 Å². The summed E-state index contributed by atoms with van der Waals surface area (Å²) in [5, 5.41) is 4.35. The second-order valence-electron chi connectivity index (χ2n) is 6.06. The van der Waals surface area contributed by atoms with Crippen LogP contribution in [0.25, 0.3) is 0 Å². The number of hydrogen-bond acceptors (Lipinski definition) is 3. The molecule has 2 aliphatic rings. The Kier molecular flexibility index (Phi) is 5.84. The first kappa shape index (κ1) is 14.7. The van der Waals surface area contributed by atoms with Gasteiger partial charge in [0.2, 0.25) is 0 Å². The van der Waals surface area contributed by atoms with E-state index in [1.165, 1.54) is 51.4 Å². The summed E-state index contributed by atoms with van der Waals surface area (Å²) in [4.78, 5) is 0. The predicted octanol–water partition coefficient (Wildman–Crippen LogP) is 3.60. The molecule has 2 atom stereocenters. The molecular weight excluding hydrogens is 242 g/mol. The monoisotopic (exact) mass is 271 g/mol. The van der Waals surface area contributed by atoms with Gasteiger partial charge >= 0.3 is 0 Å². The van der Waals surface area contributed by atoms with Crippen LogP contribution in [-0.4, -0.2) is 36.3 Å². The molecule has 1 saturated carbocycles. The summed E-state index contributed by atoms with van der Waals surface area (Å²) in [5.74, 6) is 0. The average molecular weight is 271 g/mol. The molecule has 1 aliphatic heterocycles. The van der Waals surface area contributed by atoms with Gasteiger partial charge in [-0.3, -0.25) is 0 Å². The minimum atomic E-state index is 0.289. The van der Waals surface area contributed by atoms with Crippen molar-refractivity contribution in [2.45, 2.75) is 75.2 Å². The zero-order valence-electron chi connectivity index (χ0n) is 12.0. The van der Waals surface area contributed by atoms with E-state index in [1.807, 2.05) is 11.8 Å².